The summed E-state index contributed by atoms with van der Waals surface area (Å²) in [5.41, 5.74) is 0.319. The fourth-order valence-corrected chi connectivity index (χ4v) is 6.65. The van der Waals surface area contributed by atoms with Crippen molar-refractivity contribution in [3.8, 4) is 11.5 Å². The van der Waals surface area contributed by atoms with E-state index in [1.165, 1.54) is 6.92 Å². The van der Waals surface area contributed by atoms with Gasteiger partial charge in [-0.25, -0.2) is 4.79 Å². The molecule has 5 atom stereocenters. The molecule has 182 valence electrons. The average Bonchev–Trinajstić information content (AvgIpc) is 3.20. The Hall–Kier alpha value is -3.36. The molecule has 1 spiro atoms. The first-order chi connectivity index (χ1) is 16.8. The molecule has 0 unspecified atom stereocenters. The van der Waals surface area contributed by atoms with E-state index in [4.69, 9.17) is 14.2 Å². The second-order valence-corrected chi connectivity index (χ2v) is 9.92. The number of phenolic OH excluding ortho intramolecular Hbond substituents is 1. The van der Waals surface area contributed by atoms with Crippen molar-refractivity contribution in [3.05, 3.63) is 71.0 Å². The molecule has 4 aliphatic rings. The van der Waals surface area contributed by atoms with Gasteiger partial charge in [0.25, 0.3) is 0 Å². The Balaban J connectivity index is 1.41. The monoisotopic (exact) mass is 477 g/mol. The van der Waals surface area contributed by atoms with Gasteiger partial charge in [-0.05, 0) is 44.1 Å². The average molecular weight is 478 g/mol. The number of aromatic hydroxyl groups is 1. The van der Waals surface area contributed by atoms with Crippen LogP contribution in [0.2, 0.25) is 0 Å². The van der Waals surface area contributed by atoms with Crippen molar-refractivity contribution < 1.29 is 34.0 Å². The van der Waals surface area contributed by atoms with Crippen LogP contribution in [0.3, 0.4) is 0 Å². The number of esters is 2. The van der Waals surface area contributed by atoms with E-state index >= 15 is 0 Å². The van der Waals surface area contributed by atoms with Crippen LogP contribution in [-0.4, -0.2) is 58.4 Å². The molecule has 2 aliphatic carbocycles. The number of hydrogen-bond acceptors (Lipinski definition) is 8. The molecular formula is C27H27NO7. The third-order valence-electron chi connectivity index (χ3n) is 8.17. The Morgan fingerprint density at radius 3 is 2.71 bits per heavy atom. The fourth-order valence-electron chi connectivity index (χ4n) is 6.65. The number of piperidine rings is 1. The Bertz CT molecular complexity index is 1260. The van der Waals surface area contributed by atoms with Gasteiger partial charge in [-0.2, -0.15) is 0 Å². The summed E-state index contributed by atoms with van der Waals surface area (Å²) in [5.74, 6) is -0.744. The van der Waals surface area contributed by atoms with Crippen LogP contribution in [0, 0.1) is 0 Å². The lowest BCUT2D eigenvalue weighted by Gasteiger charge is -2.61. The van der Waals surface area contributed by atoms with Gasteiger partial charge in [0.15, 0.2) is 17.6 Å². The van der Waals surface area contributed by atoms with E-state index in [9.17, 15) is 19.8 Å². The Labute approximate surface area is 202 Å². The lowest BCUT2D eigenvalue weighted by molar-refractivity contribution is -0.176. The van der Waals surface area contributed by atoms with Crippen LogP contribution >= 0.6 is 0 Å². The third-order valence-corrected chi connectivity index (χ3v) is 8.17. The maximum absolute atomic E-state index is 13.3. The molecule has 8 nitrogen and oxygen atoms in total. The standard InChI is InChI=1S/C27H27NO7/c1-15(29)33-22(16-6-4-3-5-7-16)25(31)34-19-10-11-27(32)20-14-17-8-9-18(30)23-21(17)26(27,24(19)35-23)12-13-28(20)2/h3-10,20,22,24,30,32H,11-14H2,1-2H3/t20-,22+,24+,26+,27-/m1/s1. The maximum Gasteiger partial charge on any atom is 0.357 e. The first-order valence-corrected chi connectivity index (χ1v) is 11.8. The van der Waals surface area contributed by atoms with E-state index in [1.807, 2.05) is 13.1 Å². The van der Waals surface area contributed by atoms with Gasteiger partial charge < -0.3 is 29.3 Å². The smallest absolute Gasteiger partial charge is 0.357 e. The molecule has 0 radical (unpaired) electrons. The summed E-state index contributed by atoms with van der Waals surface area (Å²) >= 11 is 0. The van der Waals surface area contributed by atoms with Gasteiger partial charge in [0, 0.05) is 30.5 Å². The second kappa shape index (κ2) is 7.57. The maximum atomic E-state index is 13.3. The van der Waals surface area contributed by atoms with Crippen LogP contribution in [-0.2, 0) is 30.9 Å². The number of carbonyl (C=O) groups excluding carboxylic acids is 2. The molecule has 1 fully saturated rings. The number of benzene rings is 2. The number of aliphatic hydroxyl groups is 1. The number of ether oxygens (including phenoxy) is 3. The molecule has 0 aromatic heterocycles. The van der Waals surface area contributed by atoms with Gasteiger partial charge in [0.05, 0.1) is 11.0 Å². The molecule has 2 aliphatic heterocycles. The van der Waals surface area contributed by atoms with Crippen molar-refractivity contribution >= 4 is 11.9 Å². The summed E-state index contributed by atoms with van der Waals surface area (Å²) in [4.78, 5) is 27.3. The molecule has 2 heterocycles. The summed E-state index contributed by atoms with van der Waals surface area (Å²) < 4.78 is 17.5. The van der Waals surface area contributed by atoms with E-state index in [1.54, 1.807) is 42.5 Å². The Morgan fingerprint density at radius 2 is 1.97 bits per heavy atom. The summed E-state index contributed by atoms with van der Waals surface area (Å²) in [6.45, 7) is 1.96. The number of hydrogen-bond donors (Lipinski definition) is 2. The van der Waals surface area contributed by atoms with E-state index in [0.717, 1.165) is 17.7 Å². The molecule has 6 rings (SSSR count). The molecule has 2 aromatic rings. The Kier molecular flexibility index (Phi) is 4.78. The third kappa shape index (κ3) is 2.93. The van der Waals surface area contributed by atoms with Crippen molar-refractivity contribution in [1.29, 1.82) is 0 Å². The molecule has 8 heteroatoms. The summed E-state index contributed by atoms with van der Waals surface area (Å²) in [6, 6.07) is 12.0. The quantitative estimate of drug-likeness (QED) is 0.648. The summed E-state index contributed by atoms with van der Waals surface area (Å²) in [7, 11) is 2.01. The zero-order chi connectivity index (χ0) is 24.5. The predicted molar refractivity (Wildman–Crippen MR) is 124 cm³/mol. The zero-order valence-corrected chi connectivity index (χ0v) is 19.6. The topological polar surface area (TPSA) is 106 Å². The van der Waals surface area contributed by atoms with Crippen LogP contribution in [0.1, 0.15) is 42.6 Å². The van der Waals surface area contributed by atoms with Crippen molar-refractivity contribution in [3.63, 3.8) is 0 Å². The largest absolute Gasteiger partial charge is 0.504 e. The van der Waals surface area contributed by atoms with Crippen LogP contribution in [0.4, 0.5) is 0 Å². The van der Waals surface area contributed by atoms with Crippen LogP contribution < -0.4 is 4.74 Å². The normalized spacial score (nSPS) is 31.0. The molecule has 0 amide bonds. The van der Waals surface area contributed by atoms with E-state index in [-0.39, 0.29) is 24.0 Å². The first kappa shape index (κ1) is 22.1. The summed E-state index contributed by atoms with van der Waals surface area (Å²) in [5, 5.41) is 22.8. The molecule has 2 bridgehead atoms. The minimum Gasteiger partial charge on any atom is -0.504 e. The van der Waals surface area contributed by atoms with Crippen molar-refractivity contribution in [1.82, 2.24) is 4.90 Å². The number of nitrogens with zero attached hydrogens (tertiary/aromatic N) is 1. The van der Waals surface area contributed by atoms with Crippen LogP contribution in [0.5, 0.6) is 11.5 Å². The van der Waals surface area contributed by atoms with Crippen LogP contribution in [0.15, 0.2) is 54.3 Å². The predicted octanol–water partition coefficient (Wildman–Crippen LogP) is 2.52. The summed E-state index contributed by atoms with van der Waals surface area (Å²) in [6.07, 6.45) is 1.15. The lowest BCUT2D eigenvalue weighted by atomic mass is 9.50. The number of likely N-dealkylation sites (N-methyl/N-ethyl adjacent to an activating group) is 1. The van der Waals surface area contributed by atoms with Crippen LogP contribution in [0.25, 0.3) is 0 Å². The lowest BCUT2D eigenvalue weighted by Crippen LogP contribution is -2.74. The zero-order valence-electron chi connectivity index (χ0n) is 19.6. The molecule has 1 saturated heterocycles. The highest BCUT2D eigenvalue weighted by Gasteiger charge is 2.72. The number of carbonyl (C=O) groups is 2. The van der Waals surface area contributed by atoms with Gasteiger partial charge >= 0.3 is 11.9 Å². The molecule has 2 aromatic carbocycles. The van der Waals surface area contributed by atoms with Gasteiger partial charge in [0.1, 0.15) is 5.76 Å². The first-order valence-electron chi connectivity index (χ1n) is 11.8. The SMILES string of the molecule is CC(=O)O[C@H](C(=O)OC1=CC[C@@]2(O)[C@H]3Cc4ccc(O)c5c4[C@@]2(CCN3C)[C@H]1O5)c1ccccc1. The van der Waals surface area contributed by atoms with Crippen molar-refractivity contribution in [2.24, 2.45) is 0 Å². The van der Waals surface area contributed by atoms with E-state index in [2.05, 4.69) is 4.90 Å². The second-order valence-electron chi connectivity index (χ2n) is 9.92. The molecule has 2 N–H and O–H groups in total. The highest BCUT2D eigenvalue weighted by molar-refractivity contribution is 5.81. The van der Waals surface area contributed by atoms with Gasteiger partial charge in [-0.15, -0.1) is 0 Å². The Morgan fingerprint density at radius 1 is 1.20 bits per heavy atom. The van der Waals surface area contributed by atoms with Crippen molar-refractivity contribution in [2.75, 3.05) is 13.6 Å². The highest BCUT2D eigenvalue weighted by atomic mass is 16.6. The van der Waals surface area contributed by atoms with E-state index in [0.29, 0.717) is 24.2 Å². The molecule has 0 saturated carbocycles. The van der Waals surface area contributed by atoms with Gasteiger partial charge in [-0.3, -0.25) is 4.79 Å². The number of likely N-dealkylation sites (tertiary alicyclic amines) is 1. The number of rotatable bonds is 4. The minimum absolute atomic E-state index is 0.00000434. The minimum atomic E-state index is -1.24. The molecular weight excluding hydrogens is 450 g/mol. The van der Waals surface area contributed by atoms with Crippen molar-refractivity contribution in [2.45, 2.75) is 55.5 Å². The van der Waals surface area contributed by atoms with Gasteiger partial charge in [0.2, 0.25) is 6.10 Å². The van der Waals surface area contributed by atoms with Gasteiger partial charge in [-0.1, -0.05) is 36.4 Å². The van der Waals surface area contributed by atoms with E-state index < -0.39 is 35.2 Å². The number of phenols is 1. The highest BCUT2D eigenvalue weighted by Crippen LogP contribution is 2.65. The molecule has 35 heavy (non-hydrogen) atoms. The fraction of sp³-hybridized carbons (Fsp3) is 0.407.